The number of halogens is 5. The largest absolute Gasteiger partial charge is 0.481 e. The van der Waals surface area contributed by atoms with Crippen LogP contribution in [-0.4, -0.2) is 49.1 Å². The Bertz CT molecular complexity index is 772. The molecular formula is C19H22F5NO5. The Hall–Kier alpha value is -2.27. The molecule has 2 rings (SSSR count). The molecule has 0 radical (unpaired) electrons. The second kappa shape index (κ2) is 9.69. The number of ether oxygens (including phenoxy) is 2. The Kier molecular flexibility index (Phi) is 7.75. The van der Waals surface area contributed by atoms with E-state index in [1.165, 1.54) is 0 Å². The molecule has 1 amide bonds. The molecule has 30 heavy (non-hydrogen) atoms. The Morgan fingerprint density at radius 2 is 2.03 bits per heavy atom. The average molecular weight is 439 g/mol. The number of carbonyl (C=O) groups excluding carboxylic acids is 1. The van der Waals surface area contributed by atoms with Crippen molar-refractivity contribution in [3.8, 4) is 0 Å². The molecule has 0 unspecified atom stereocenters. The van der Waals surface area contributed by atoms with Gasteiger partial charge in [0.2, 0.25) is 0 Å². The fraction of sp³-hybridized carbons (Fsp3) is 0.579. The average Bonchev–Trinajstić information content (AvgIpc) is 2.65. The summed E-state index contributed by atoms with van der Waals surface area (Å²) < 4.78 is 77.5. The van der Waals surface area contributed by atoms with Crippen molar-refractivity contribution in [1.82, 2.24) is 5.32 Å². The minimum atomic E-state index is -5.35. The number of unbranched alkanes of at least 4 members (excludes halogenated alkanes) is 1. The van der Waals surface area contributed by atoms with Gasteiger partial charge in [-0.05, 0) is 18.9 Å². The molecule has 0 spiro atoms. The Labute approximate surface area is 169 Å². The smallest absolute Gasteiger partial charge is 0.471 e. The van der Waals surface area contributed by atoms with Crippen molar-refractivity contribution in [2.45, 2.75) is 44.0 Å². The number of carboxylic acids is 1. The van der Waals surface area contributed by atoms with E-state index in [1.807, 2.05) is 6.92 Å². The van der Waals surface area contributed by atoms with E-state index in [0.29, 0.717) is 12.7 Å². The molecule has 1 aromatic rings. The van der Waals surface area contributed by atoms with Crippen molar-refractivity contribution < 1.29 is 46.1 Å². The summed E-state index contributed by atoms with van der Waals surface area (Å²) >= 11 is 0. The van der Waals surface area contributed by atoms with E-state index in [1.54, 1.807) is 5.32 Å². The highest BCUT2D eigenvalue weighted by molar-refractivity contribution is 5.84. The molecule has 0 bridgehead atoms. The summed E-state index contributed by atoms with van der Waals surface area (Å²) in [6, 6.07) is 1.97. The fourth-order valence-electron chi connectivity index (χ4n) is 3.35. The van der Waals surface area contributed by atoms with Gasteiger partial charge in [0, 0.05) is 18.2 Å². The highest BCUT2D eigenvalue weighted by Gasteiger charge is 2.55. The number of carbonyl (C=O) groups is 2. The lowest BCUT2D eigenvalue weighted by atomic mass is 9.73. The molecule has 168 valence electrons. The molecule has 11 heteroatoms. The van der Waals surface area contributed by atoms with Gasteiger partial charge in [0.25, 0.3) is 0 Å². The van der Waals surface area contributed by atoms with E-state index in [-0.39, 0.29) is 13.0 Å². The minimum absolute atomic E-state index is 0.0149. The first-order valence-electron chi connectivity index (χ1n) is 9.28. The maximum atomic E-state index is 14.5. The van der Waals surface area contributed by atoms with E-state index < -0.39 is 59.4 Å². The van der Waals surface area contributed by atoms with E-state index in [4.69, 9.17) is 9.47 Å². The molecule has 6 nitrogen and oxygen atoms in total. The molecule has 1 aromatic carbocycles. The molecule has 1 fully saturated rings. The highest BCUT2D eigenvalue weighted by Crippen LogP contribution is 2.40. The van der Waals surface area contributed by atoms with Crippen molar-refractivity contribution >= 4 is 11.9 Å². The molecule has 0 saturated carbocycles. The third kappa shape index (κ3) is 5.45. The van der Waals surface area contributed by atoms with E-state index in [2.05, 4.69) is 0 Å². The van der Waals surface area contributed by atoms with Crippen LogP contribution in [0.2, 0.25) is 0 Å². The minimum Gasteiger partial charge on any atom is -0.481 e. The Morgan fingerprint density at radius 1 is 1.33 bits per heavy atom. The van der Waals surface area contributed by atoms with Crippen LogP contribution < -0.4 is 5.32 Å². The molecule has 1 saturated heterocycles. The van der Waals surface area contributed by atoms with Crippen LogP contribution >= 0.6 is 0 Å². The summed E-state index contributed by atoms with van der Waals surface area (Å²) in [5, 5.41) is 11.3. The van der Waals surface area contributed by atoms with Gasteiger partial charge < -0.3 is 19.9 Å². The molecule has 2 N–H and O–H groups in total. The molecule has 0 aromatic heterocycles. The van der Waals surface area contributed by atoms with Crippen molar-refractivity contribution in [3.05, 3.63) is 35.4 Å². The Morgan fingerprint density at radius 3 is 2.60 bits per heavy atom. The lowest BCUT2D eigenvalue weighted by Gasteiger charge is -2.45. The number of aliphatic carboxylic acids is 1. The zero-order valence-electron chi connectivity index (χ0n) is 16.1. The predicted octanol–water partition coefficient (Wildman–Crippen LogP) is 3.15. The highest BCUT2D eigenvalue weighted by atomic mass is 19.4. The second-order valence-electron chi connectivity index (χ2n) is 7.04. The SMILES string of the molecule is CCCCOC[C@H]1C[C@@H](C(=O)O)[C@](NC(=O)C(F)(F)F)(c2ccc(F)cc2F)CO1. The number of hydrogen-bond acceptors (Lipinski definition) is 4. The number of rotatable bonds is 8. The summed E-state index contributed by atoms with van der Waals surface area (Å²) in [4.78, 5) is 23.6. The van der Waals surface area contributed by atoms with Gasteiger partial charge >= 0.3 is 18.1 Å². The number of hydrogen-bond donors (Lipinski definition) is 2. The third-order valence-electron chi connectivity index (χ3n) is 4.89. The first-order valence-corrected chi connectivity index (χ1v) is 9.28. The number of nitrogens with one attached hydrogen (secondary N) is 1. The van der Waals surface area contributed by atoms with Gasteiger partial charge in [0.1, 0.15) is 17.2 Å². The van der Waals surface area contributed by atoms with E-state index in [9.17, 15) is 36.6 Å². The van der Waals surface area contributed by atoms with Crippen molar-refractivity contribution in [1.29, 1.82) is 0 Å². The monoisotopic (exact) mass is 439 g/mol. The molecule has 3 atom stereocenters. The van der Waals surface area contributed by atoms with Gasteiger partial charge in [-0.25, -0.2) is 8.78 Å². The molecular weight excluding hydrogens is 417 g/mol. The first-order chi connectivity index (χ1) is 14.0. The maximum absolute atomic E-state index is 14.5. The van der Waals surface area contributed by atoms with Crippen LogP contribution in [0.4, 0.5) is 22.0 Å². The van der Waals surface area contributed by atoms with Gasteiger partial charge in [0.05, 0.1) is 25.2 Å². The molecule has 1 aliphatic rings. The lowest BCUT2D eigenvalue weighted by Crippen LogP contribution is -2.62. The van der Waals surface area contributed by atoms with Gasteiger partial charge in [-0.1, -0.05) is 19.4 Å². The quantitative estimate of drug-likeness (QED) is 0.480. The van der Waals surface area contributed by atoms with Crippen molar-refractivity contribution in [2.75, 3.05) is 19.8 Å². The molecule has 0 aliphatic carbocycles. The summed E-state index contributed by atoms with van der Waals surface area (Å²) in [5.41, 5.74) is -3.00. The maximum Gasteiger partial charge on any atom is 0.471 e. The number of benzene rings is 1. The van der Waals surface area contributed by atoms with Crippen LogP contribution in [0.1, 0.15) is 31.7 Å². The zero-order valence-corrected chi connectivity index (χ0v) is 16.1. The second-order valence-corrected chi connectivity index (χ2v) is 7.04. The summed E-state index contributed by atoms with van der Waals surface area (Å²) in [6.07, 6.45) is -4.88. The predicted molar refractivity (Wildman–Crippen MR) is 93.4 cm³/mol. The van der Waals surface area contributed by atoms with Gasteiger partial charge in [-0.3, -0.25) is 9.59 Å². The van der Waals surface area contributed by atoms with Crippen LogP contribution in [0.3, 0.4) is 0 Å². The number of amides is 1. The Balaban J connectivity index is 2.41. The normalized spacial score (nSPS) is 24.5. The lowest BCUT2D eigenvalue weighted by molar-refractivity contribution is -0.184. The van der Waals surface area contributed by atoms with Crippen LogP contribution in [0, 0.1) is 17.6 Å². The van der Waals surface area contributed by atoms with Gasteiger partial charge in [0.15, 0.2) is 0 Å². The topological polar surface area (TPSA) is 84.9 Å². The molecule has 1 aliphatic heterocycles. The summed E-state index contributed by atoms with van der Waals surface area (Å²) in [5.74, 6) is -8.02. The van der Waals surface area contributed by atoms with Crippen molar-refractivity contribution in [3.63, 3.8) is 0 Å². The summed E-state index contributed by atoms with van der Waals surface area (Å²) in [6.45, 7) is 1.54. The van der Waals surface area contributed by atoms with Gasteiger partial charge in [-0.2, -0.15) is 13.2 Å². The van der Waals surface area contributed by atoms with Crippen LogP contribution in [0.15, 0.2) is 18.2 Å². The fourth-order valence-corrected chi connectivity index (χ4v) is 3.35. The van der Waals surface area contributed by atoms with Crippen LogP contribution in [-0.2, 0) is 24.6 Å². The van der Waals surface area contributed by atoms with Crippen LogP contribution in [0.5, 0.6) is 0 Å². The van der Waals surface area contributed by atoms with Gasteiger partial charge in [-0.15, -0.1) is 0 Å². The van der Waals surface area contributed by atoms with E-state index >= 15 is 0 Å². The number of carboxylic acid groups (broad SMARTS) is 1. The molecule has 1 heterocycles. The summed E-state index contributed by atoms with van der Waals surface area (Å²) in [7, 11) is 0. The standard InChI is InChI=1S/C19H22F5NO5/c1-2-3-6-29-9-12-8-14(16(26)27)18(10-30-12,25-17(28)19(22,23)24)13-5-4-11(20)7-15(13)21/h4-5,7,12,14H,2-3,6,8-10H2,1H3,(H,25,28)(H,26,27)/t12-,14+,18-/m1/s1. The number of alkyl halides is 3. The first kappa shape index (κ1) is 24.0. The zero-order chi connectivity index (χ0) is 22.5. The third-order valence-corrected chi connectivity index (χ3v) is 4.89. The van der Waals surface area contributed by atoms with Crippen LogP contribution in [0.25, 0.3) is 0 Å². The van der Waals surface area contributed by atoms with Crippen molar-refractivity contribution in [2.24, 2.45) is 5.92 Å². The van der Waals surface area contributed by atoms with E-state index in [0.717, 1.165) is 25.0 Å².